The van der Waals surface area contributed by atoms with Crippen molar-refractivity contribution in [3.05, 3.63) is 71.0 Å². The predicted molar refractivity (Wildman–Crippen MR) is 105 cm³/mol. The summed E-state index contributed by atoms with van der Waals surface area (Å²) in [5.41, 5.74) is -0.645. The highest BCUT2D eigenvalue weighted by atomic mass is 19.4. The molecule has 3 nitrogen and oxygen atoms in total. The Bertz CT molecular complexity index is 929. The van der Waals surface area contributed by atoms with Gasteiger partial charge in [-0.05, 0) is 48.7 Å². The quantitative estimate of drug-likeness (QED) is 0.650. The topological polar surface area (TPSA) is 23.6 Å². The van der Waals surface area contributed by atoms with E-state index in [0.717, 1.165) is 32.1 Å². The molecule has 2 aliphatic rings. The monoisotopic (exact) mass is 420 g/mol. The molecule has 1 amide bonds. The lowest BCUT2D eigenvalue weighted by Gasteiger charge is -2.30. The number of alkyl halides is 3. The van der Waals surface area contributed by atoms with Crippen LogP contribution in [0.2, 0.25) is 0 Å². The van der Waals surface area contributed by atoms with Crippen LogP contribution >= 0.6 is 0 Å². The maximum atomic E-state index is 14.0. The molecule has 0 aromatic heterocycles. The maximum absolute atomic E-state index is 14.0. The van der Waals surface area contributed by atoms with Crippen molar-refractivity contribution in [1.82, 2.24) is 9.80 Å². The van der Waals surface area contributed by atoms with Crippen molar-refractivity contribution in [1.29, 1.82) is 0 Å². The number of halogens is 4. The molecule has 0 aliphatic carbocycles. The summed E-state index contributed by atoms with van der Waals surface area (Å²) in [6.45, 7) is 4.96. The van der Waals surface area contributed by atoms with Gasteiger partial charge in [0.2, 0.25) is 0 Å². The van der Waals surface area contributed by atoms with E-state index in [0.29, 0.717) is 12.1 Å². The number of carbonyl (C=O) groups is 1. The first-order chi connectivity index (χ1) is 14.3. The Kier molecular flexibility index (Phi) is 5.57. The highest BCUT2D eigenvalue weighted by Gasteiger charge is 2.50. The highest BCUT2D eigenvalue weighted by molar-refractivity contribution is 5.96. The molecule has 2 aromatic rings. The Morgan fingerprint density at radius 3 is 2.53 bits per heavy atom. The molecular weight excluding hydrogens is 396 g/mol. The molecule has 2 heterocycles. The average Bonchev–Trinajstić information content (AvgIpc) is 3.24. The molecule has 0 N–H and O–H groups in total. The Morgan fingerprint density at radius 2 is 1.83 bits per heavy atom. The van der Waals surface area contributed by atoms with Crippen molar-refractivity contribution in [3.63, 3.8) is 0 Å². The molecular formula is C23H24F4N2O. The lowest BCUT2D eigenvalue weighted by molar-refractivity contribution is -0.138. The molecule has 2 aromatic carbocycles. The summed E-state index contributed by atoms with van der Waals surface area (Å²) in [5, 5.41) is 0. The van der Waals surface area contributed by atoms with E-state index in [1.54, 1.807) is 12.1 Å². The maximum Gasteiger partial charge on any atom is 0.417 e. The minimum atomic E-state index is -4.62. The second-order valence-electron chi connectivity index (χ2n) is 8.18. The molecule has 0 saturated carbocycles. The molecule has 30 heavy (non-hydrogen) atoms. The molecule has 2 fully saturated rings. The Balaban J connectivity index is 1.72. The normalized spacial score (nSPS) is 24.3. The van der Waals surface area contributed by atoms with Gasteiger partial charge in [-0.25, -0.2) is 4.39 Å². The van der Waals surface area contributed by atoms with E-state index in [2.05, 4.69) is 11.8 Å². The van der Waals surface area contributed by atoms with Crippen LogP contribution in [0, 0.1) is 17.7 Å². The fourth-order valence-corrected chi connectivity index (χ4v) is 5.03. The number of benzene rings is 2. The van der Waals surface area contributed by atoms with Crippen LogP contribution in [0.1, 0.15) is 40.9 Å². The van der Waals surface area contributed by atoms with Gasteiger partial charge in [0, 0.05) is 25.6 Å². The lowest BCUT2D eigenvalue weighted by atomic mass is 9.89. The van der Waals surface area contributed by atoms with Crippen LogP contribution < -0.4 is 0 Å². The van der Waals surface area contributed by atoms with Crippen LogP contribution in [0.15, 0.2) is 48.5 Å². The molecule has 160 valence electrons. The summed E-state index contributed by atoms with van der Waals surface area (Å²) in [6.07, 6.45) is -3.61. The molecule has 2 saturated heterocycles. The number of carbonyl (C=O) groups excluding carboxylic acids is 1. The summed E-state index contributed by atoms with van der Waals surface area (Å²) in [5.74, 6) is -0.830. The van der Waals surface area contributed by atoms with E-state index >= 15 is 0 Å². The molecule has 7 heteroatoms. The minimum absolute atomic E-state index is 0.0698. The van der Waals surface area contributed by atoms with E-state index in [4.69, 9.17) is 0 Å². The van der Waals surface area contributed by atoms with Crippen LogP contribution in [-0.2, 0) is 6.18 Å². The second kappa shape index (κ2) is 8.02. The number of rotatable bonds is 4. The molecule has 2 aliphatic heterocycles. The first-order valence-corrected chi connectivity index (χ1v) is 10.2. The van der Waals surface area contributed by atoms with Crippen molar-refractivity contribution < 1.29 is 22.4 Å². The first-order valence-electron chi connectivity index (χ1n) is 10.2. The van der Waals surface area contributed by atoms with Gasteiger partial charge >= 0.3 is 6.18 Å². The van der Waals surface area contributed by atoms with Gasteiger partial charge in [0.1, 0.15) is 5.82 Å². The number of amides is 1. The molecule has 0 radical (unpaired) electrons. The van der Waals surface area contributed by atoms with Gasteiger partial charge in [-0.1, -0.05) is 31.2 Å². The van der Waals surface area contributed by atoms with E-state index < -0.39 is 29.5 Å². The summed E-state index contributed by atoms with van der Waals surface area (Å²) in [7, 11) is 0. The van der Waals surface area contributed by atoms with Crippen molar-refractivity contribution in [2.75, 3.05) is 26.2 Å². The zero-order valence-electron chi connectivity index (χ0n) is 16.7. The van der Waals surface area contributed by atoms with Crippen LogP contribution in [0.4, 0.5) is 17.6 Å². The van der Waals surface area contributed by atoms with Crippen LogP contribution in [-0.4, -0.2) is 41.9 Å². The number of likely N-dealkylation sites (tertiary alicyclic amines) is 2. The summed E-state index contributed by atoms with van der Waals surface area (Å²) >= 11 is 0. The van der Waals surface area contributed by atoms with E-state index in [1.165, 1.54) is 35.2 Å². The van der Waals surface area contributed by atoms with E-state index in [1.807, 2.05) is 0 Å². The van der Waals surface area contributed by atoms with Crippen LogP contribution in [0.5, 0.6) is 0 Å². The number of fused-ring (bicyclic) bond motifs is 1. The average molecular weight is 420 g/mol. The third-order valence-corrected chi connectivity index (χ3v) is 6.19. The van der Waals surface area contributed by atoms with Gasteiger partial charge in [-0.15, -0.1) is 0 Å². The number of nitrogens with zero attached hydrogens (tertiary/aromatic N) is 2. The zero-order chi connectivity index (χ0) is 21.5. The van der Waals surface area contributed by atoms with Gasteiger partial charge in [-0.3, -0.25) is 4.79 Å². The third kappa shape index (κ3) is 3.83. The molecule has 3 atom stereocenters. The van der Waals surface area contributed by atoms with Crippen molar-refractivity contribution in [2.45, 2.75) is 25.6 Å². The Hall–Kier alpha value is -2.41. The van der Waals surface area contributed by atoms with E-state index in [-0.39, 0.29) is 17.4 Å². The Labute approximate surface area is 173 Å². The van der Waals surface area contributed by atoms with Crippen LogP contribution in [0.3, 0.4) is 0 Å². The van der Waals surface area contributed by atoms with Crippen molar-refractivity contribution >= 4 is 5.91 Å². The zero-order valence-corrected chi connectivity index (χ0v) is 16.7. The van der Waals surface area contributed by atoms with Crippen LogP contribution in [0.25, 0.3) is 0 Å². The second-order valence-corrected chi connectivity index (χ2v) is 8.18. The van der Waals surface area contributed by atoms with Gasteiger partial charge < -0.3 is 9.80 Å². The highest BCUT2D eigenvalue weighted by Crippen LogP contribution is 2.46. The SMILES string of the molecule is CCCN1C[C@H]2CN(C(=O)c3ccccc3C(F)(F)F)[C@H](c3cccc(F)c3)[C@H]2C1. The lowest BCUT2D eigenvalue weighted by Crippen LogP contribution is -2.36. The van der Waals surface area contributed by atoms with Crippen molar-refractivity contribution in [3.8, 4) is 0 Å². The molecule has 0 unspecified atom stereocenters. The Morgan fingerprint density at radius 1 is 1.07 bits per heavy atom. The standard InChI is InChI=1S/C23H24F4N2O/c1-2-10-28-12-16-13-29(21(19(16)14-28)15-6-5-7-17(24)11-15)22(30)18-8-3-4-9-20(18)23(25,26)27/h3-9,11,16,19,21H,2,10,12-14H2,1H3/t16-,19-,21+/m0/s1. The fourth-order valence-electron chi connectivity index (χ4n) is 5.03. The van der Waals surface area contributed by atoms with Gasteiger partial charge in [0.25, 0.3) is 5.91 Å². The predicted octanol–water partition coefficient (Wildman–Crippen LogP) is 5.00. The van der Waals surface area contributed by atoms with Gasteiger partial charge in [0.05, 0.1) is 17.2 Å². The van der Waals surface area contributed by atoms with Crippen molar-refractivity contribution in [2.24, 2.45) is 11.8 Å². The molecule has 0 spiro atoms. The third-order valence-electron chi connectivity index (χ3n) is 6.19. The fraction of sp³-hybridized carbons (Fsp3) is 0.435. The number of hydrogen-bond acceptors (Lipinski definition) is 2. The largest absolute Gasteiger partial charge is 0.417 e. The smallest absolute Gasteiger partial charge is 0.331 e. The number of hydrogen-bond donors (Lipinski definition) is 0. The molecule has 4 rings (SSSR count). The van der Waals surface area contributed by atoms with Gasteiger partial charge in [0.15, 0.2) is 0 Å². The molecule has 0 bridgehead atoms. The minimum Gasteiger partial charge on any atom is -0.331 e. The van der Waals surface area contributed by atoms with Gasteiger partial charge in [-0.2, -0.15) is 13.2 Å². The summed E-state index contributed by atoms with van der Waals surface area (Å²) in [6, 6.07) is 10.5. The first kappa shape index (κ1) is 20.8. The summed E-state index contributed by atoms with van der Waals surface area (Å²) < 4.78 is 54.5. The van der Waals surface area contributed by atoms with E-state index in [9.17, 15) is 22.4 Å². The summed E-state index contributed by atoms with van der Waals surface area (Å²) in [4.78, 5) is 17.2.